The van der Waals surface area contributed by atoms with Gasteiger partial charge in [-0.15, -0.1) is 0 Å². The van der Waals surface area contributed by atoms with Crippen LogP contribution in [0.1, 0.15) is 10.4 Å². The predicted molar refractivity (Wildman–Crippen MR) is 98.1 cm³/mol. The fraction of sp³-hybridized carbons (Fsp3) is 0. The van der Waals surface area contributed by atoms with Gasteiger partial charge in [-0.1, -0.05) is 44.0 Å². The summed E-state index contributed by atoms with van der Waals surface area (Å²) >= 11 is 6.76. The Labute approximate surface area is 155 Å². The molecule has 0 aliphatic carbocycles. The number of halogens is 2. The van der Waals surface area contributed by atoms with E-state index in [1.54, 1.807) is 24.3 Å². The molecule has 2 aromatic carbocycles. The van der Waals surface area contributed by atoms with E-state index in [9.17, 15) is 4.79 Å². The molecular formula is C18H11Br2NO3. The number of carbonyl (C=O) groups excluding carboxylic acids is 1. The van der Waals surface area contributed by atoms with Crippen molar-refractivity contribution in [3.8, 4) is 23.0 Å². The first kappa shape index (κ1) is 16.7. The van der Waals surface area contributed by atoms with Crippen molar-refractivity contribution < 1.29 is 14.3 Å². The van der Waals surface area contributed by atoms with E-state index in [2.05, 4.69) is 36.8 Å². The van der Waals surface area contributed by atoms with Gasteiger partial charge in [-0.3, -0.25) is 9.78 Å². The fourth-order valence-electron chi connectivity index (χ4n) is 2.03. The number of ether oxygens (including phenoxy) is 2. The third-order valence-corrected chi connectivity index (χ3v) is 4.07. The number of nitrogens with zero attached hydrogens (tertiary/aromatic N) is 1. The van der Waals surface area contributed by atoms with Crippen LogP contribution in [0.4, 0.5) is 0 Å². The van der Waals surface area contributed by atoms with Crippen LogP contribution in [0.15, 0.2) is 69.9 Å². The van der Waals surface area contributed by atoms with Crippen LogP contribution in [0.2, 0.25) is 0 Å². The van der Waals surface area contributed by atoms with E-state index in [-0.39, 0.29) is 0 Å². The minimum atomic E-state index is 0.296. The van der Waals surface area contributed by atoms with Gasteiger partial charge in [-0.2, -0.15) is 0 Å². The molecule has 0 fully saturated rings. The SMILES string of the molecule is O=Cc1c(Oc2cccc(Br)c2)cncc1Oc1cccc(Br)c1. The zero-order valence-electron chi connectivity index (χ0n) is 12.3. The highest BCUT2D eigenvalue weighted by Gasteiger charge is 2.13. The van der Waals surface area contributed by atoms with Gasteiger partial charge in [-0.25, -0.2) is 0 Å². The van der Waals surface area contributed by atoms with Gasteiger partial charge in [0.15, 0.2) is 17.8 Å². The van der Waals surface area contributed by atoms with E-state index in [0.29, 0.717) is 34.8 Å². The number of pyridine rings is 1. The smallest absolute Gasteiger partial charge is 0.159 e. The van der Waals surface area contributed by atoms with Crippen molar-refractivity contribution >= 4 is 38.1 Å². The number of aromatic nitrogens is 1. The number of aldehydes is 1. The Morgan fingerprint density at radius 3 is 1.75 bits per heavy atom. The molecule has 6 heteroatoms. The molecule has 3 rings (SSSR count). The van der Waals surface area contributed by atoms with Gasteiger partial charge in [0.2, 0.25) is 0 Å². The Balaban J connectivity index is 1.92. The number of rotatable bonds is 5. The summed E-state index contributed by atoms with van der Waals surface area (Å²) in [6.07, 6.45) is 3.67. The molecule has 24 heavy (non-hydrogen) atoms. The van der Waals surface area contributed by atoms with E-state index in [1.807, 2.05) is 24.3 Å². The third-order valence-electron chi connectivity index (χ3n) is 3.08. The van der Waals surface area contributed by atoms with Crippen molar-refractivity contribution in [3.05, 3.63) is 75.4 Å². The molecule has 0 amide bonds. The van der Waals surface area contributed by atoms with Gasteiger partial charge < -0.3 is 9.47 Å². The Bertz CT molecular complexity index is 818. The Morgan fingerprint density at radius 2 is 1.33 bits per heavy atom. The van der Waals surface area contributed by atoms with E-state index in [4.69, 9.17) is 9.47 Å². The fourth-order valence-corrected chi connectivity index (χ4v) is 2.78. The van der Waals surface area contributed by atoms with Crippen molar-refractivity contribution in [2.75, 3.05) is 0 Å². The van der Waals surface area contributed by atoms with Crippen LogP contribution in [0, 0.1) is 0 Å². The highest BCUT2D eigenvalue weighted by Crippen LogP contribution is 2.33. The largest absolute Gasteiger partial charge is 0.455 e. The lowest BCUT2D eigenvalue weighted by atomic mass is 10.2. The monoisotopic (exact) mass is 447 g/mol. The topological polar surface area (TPSA) is 48.4 Å². The molecule has 0 radical (unpaired) electrons. The van der Waals surface area contributed by atoms with Crippen LogP contribution in [0.25, 0.3) is 0 Å². The van der Waals surface area contributed by atoms with Gasteiger partial charge in [0.25, 0.3) is 0 Å². The average Bonchev–Trinajstić information content (AvgIpc) is 2.55. The maximum Gasteiger partial charge on any atom is 0.159 e. The molecule has 1 aromatic heterocycles. The highest BCUT2D eigenvalue weighted by molar-refractivity contribution is 9.10. The lowest BCUT2D eigenvalue weighted by Gasteiger charge is -2.12. The van der Waals surface area contributed by atoms with Gasteiger partial charge in [0.1, 0.15) is 17.1 Å². The molecule has 0 aliphatic rings. The second-order valence-corrected chi connectivity index (χ2v) is 6.62. The maximum atomic E-state index is 11.6. The normalized spacial score (nSPS) is 10.2. The third kappa shape index (κ3) is 4.01. The number of hydrogen-bond donors (Lipinski definition) is 0. The summed E-state index contributed by atoms with van der Waals surface area (Å²) in [6, 6.07) is 14.6. The molecule has 1 heterocycles. The number of hydrogen-bond acceptors (Lipinski definition) is 4. The first-order chi connectivity index (χ1) is 11.7. The second kappa shape index (κ2) is 7.59. The van der Waals surface area contributed by atoms with Gasteiger partial charge >= 0.3 is 0 Å². The van der Waals surface area contributed by atoms with Crippen molar-refractivity contribution in [1.29, 1.82) is 0 Å². The molecule has 0 N–H and O–H groups in total. The van der Waals surface area contributed by atoms with Crippen molar-refractivity contribution in [3.63, 3.8) is 0 Å². The zero-order chi connectivity index (χ0) is 16.9. The highest BCUT2D eigenvalue weighted by atomic mass is 79.9. The van der Waals surface area contributed by atoms with Crippen molar-refractivity contribution in [2.24, 2.45) is 0 Å². The Kier molecular flexibility index (Phi) is 5.27. The lowest BCUT2D eigenvalue weighted by Crippen LogP contribution is -1.96. The maximum absolute atomic E-state index is 11.6. The molecule has 0 spiro atoms. The van der Waals surface area contributed by atoms with Gasteiger partial charge in [-0.05, 0) is 36.4 Å². The summed E-state index contributed by atoms with van der Waals surface area (Å²) in [5.41, 5.74) is 0.296. The summed E-state index contributed by atoms with van der Waals surface area (Å²) in [4.78, 5) is 15.7. The first-order valence-corrected chi connectivity index (χ1v) is 8.54. The van der Waals surface area contributed by atoms with E-state index < -0.39 is 0 Å². The summed E-state index contributed by atoms with van der Waals surface area (Å²) in [5, 5.41) is 0. The Morgan fingerprint density at radius 1 is 0.833 bits per heavy atom. The van der Waals surface area contributed by atoms with Crippen LogP contribution in [-0.2, 0) is 0 Å². The van der Waals surface area contributed by atoms with Crippen LogP contribution in [-0.4, -0.2) is 11.3 Å². The first-order valence-electron chi connectivity index (χ1n) is 6.96. The molecule has 0 saturated carbocycles. The molecule has 0 bridgehead atoms. The van der Waals surface area contributed by atoms with Gasteiger partial charge in [0, 0.05) is 8.95 Å². The molecule has 120 valence electrons. The summed E-state index contributed by atoms with van der Waals surface area (Å²) in [7, 11) is 0. The van der Waals surface area contributed by atoms with Gasteiger partial charge in [0.05, 0.1) is 12.4 Å². The molecular weight excluding hydrogens is 438 g/mol. The van der Waals surface area contributed by atoms with Crippen LogP contribution in [0.3, 0.4) is 0 Å². The lowest BCUT2D eigenvalue weighted by molar-refractivity contribution is 0.111. The molecule has 0 atom stereocenters. The molecule has 3 aromatic rings. The van der Waals surface area contributed by atoms with Crippen LogP contribution < -0.4 is 9.47 Å². The van der Waals surface area contributed by atoms with Crippen LogP contribution in [0.5, 0.6) is 23.0 Å². The standard InChI is InChI=1S/C18H11Br2NO3/c19-12-3-1-5-14(7-12)23-17-9-21-10-18(16(17)11-22)24-15-6-2-4-13(20)8-15/h1-11H. The molecule has 0 aliphatic heterocycles. The van der Waals surface area contributed by atoms with Crippen molar-refractivity contribution in [1.82, 2.24) is 4.98 Å². The zero-order valence-corrected chi connectivity index (χ0v) is 15.5. The van der Waals surface area contributed by atoms with Crippen molar-refractivity contribution in [2.45, 2.75) is 0 Å². The minimum Gasteiger partial charge on any atom is -0.455 e. The van der Waals surface area contributed by atoms with E-state index in [1.165, 1.54) is 12.4 Å². The summed E-state index contributed by atoms with van der Waals surface area (Å²) < 4.78 is 13.3. The van der Waals surface area contributed by atoms with Crippen LogP contribution >= 0.6 is 31.9 Å². The molecule has 0 unspecified atom stereocenters. The summed E-state index contributed by atoms with van der Waals surface area (Å²) in [5.74, 6) is 1.84. The quantitative estimate of drug-likeness (QED) is 0.449. The second-order valence-electron chi connectivity index (χ2n) is 4.79. The number of carbonyl (C=O) groups is 1. The minimum absolute atomic E-state index is 0.296. The Hall–Kier alpha value is -2.18. The average molecular weight is 449 g/mol. The molecule has 0 saturated heterocycles. The van der Waals surface area contributed by atoms with E-state index in [0.717, 1.165) is 8.95 Å². The number of benzene rings is 2. The van der Waals surface area contributed by atoms with E-state index >= 15 is 0 Å². The summed E-state index contributed by atoms with van der Waals surface area (Å²) in [6.45, 7) is 0. The molecule has 4 nitrogen and oxygen atoms in total. The predicted octanol–water partition coefficient (Wildman–Crippen LogP) is 6.00.